The summed E-state index contributed by atoms with van der Waals surface area (Å²) in [5, 5.41) is 8.91. The SMILES string of the molecule is Cc1cc(=O)c(C(=O)O)cn1CCCCC(C)C. The fourth-order valence-electron chi connectivity index (χ4n) is 1.91. The molecule has 18 heavy (non-hydrogen) atoms. The molecule has 4 heteroatoms. The first kappa shape index (κ1) is 14.5. The Morgan fingerprint density at radius 3 is 2.61 bits per heavy atom. The number of aryl methyl sites for hydroxylation is 2. The molecule has 0 aliphatic heterocycles. The Morgan fingerprint density at radius 2 is 2.06 bits per heavy atom. The van der Waals surface area contributed by atoms with Gasteiger partial charge in [-0.2, -0.15) is 0 Å². The minimum absolute atomic E-state index is 0.149. The number of carboxylic acids is 1. The number of carbonyl (C=O) groups is 1. The Balaban J connectivity index is 2.74. The van der Waals surface area contributed by atoms with E-state index in [0.717, 1.165) is 25.1 Å². The lowest BCUT2D eigenvalue weighted by atomic mass is 10.1. The maximum Gasteiger partial charge on any atom is 0.341 e. The molecule has 0 aliphatic carbocycles. The van der Waals surface area contributed by atoms with Crippen molar-refractivity contribution in [2.24, 2.45) is 5.92 Å². The lowest BCUT2D eigenvalue weighted by Gasteiger charge is -2.11. The molecule has 0 saturated carbocycles. The Morgan fingerprint density at radius 1 is 1.39 bits per heavy atom. The normalized spacial score (nSPS) is 10.9. The summed E-state index contributed by atoms with van der Waals surface area (Å²) in [6.45, 7) is 6.97. The molecule has 1 aromatic rings. The smallest absolute Gasteiger partial charge is 0.341 e. The van der Waals surface area contributed by atoms with Gasteiger partial charge in [0.25, 0.3) is 0 Å². The molecule has 0 atom stereocenters. The number of nitrogens with zero attached hydrogens (tertiary/aromatic N) is 1. The Bertz CT molecular complexity index is 474. The van der Waals surface area contributed by atoms with Crippen molar-refractivity contribution < 1.29 is 9.90 Å². The standard InChI is InChI=1S/C14H21NO3/c1-10(2)6-4-5-7-15-9-12(14(17)18)13(16)8-11(15)3/h8-10H,4-7H2,1-3H3,(H,17,18). The van der Waals surface area contributed by atoms with Gasteiger partial charge in [-0.25, -0.2) is 4.79 Å². The highest BCUT2D eigenvalue weighted by atomic mass is 16.4. The van der Waals surface area contributed by atoms with Crippen molar-refractivity contribution >= 4 is 5.97 Å². The predicted octanol–water partition coefficient (Wildman–Crippen LogP) is 2.68. The molecule has 1 aromatic heterocycles. The third-order valence-electron chi connectivity index (χ3n) is 3.00. The van der Waals surface area contributed by atoms with Crippen molar-refractivity contribution in [2.75, 3.05) is 0 Å². The minimum Gasteiger partial charge on any atom is -0.477 e. The van der Waals surface area contributed by atoms with Crippen molar-refractivity contribution in [1.29, 1.82) is 0 Å². The van der Waals surface area contributed by atoms with Gasteiger partial charge in [0, 0.05) is 24.5 Å². The summed E-state index contributed by atoms with van der Waals surface area (Å²) in [5.41, 5.74) is 0.248. The van der Waals surface area contributed by atoms with Gasteiger partial charge in [-0.1, -0.05) is 26.7 Å². The summed E-state index contributed by atoms with van der Waals surface area (Å²) >= 11 is 0. The third-order valence-corrected chi connectivity index (χ3v) is 3.00. The van der Waals surface area contributed by atoms with Gasteiger partial charge in [-0.05, 0) is 19.3 Å². The molecule has 1 heterocycles. The lowest BCUT2D eigenvalue weighted by Crippen LogP contribution is -2.19. The third kappa shape index (κ3) is 4.02. The van der Waals surface area contributed by atoms with Crippen LogP contribution >= 0.6 is 0 Å². The molecule has 1 N–H and O–H groups in total. The fraction of sp³-hybridized carbons (Fsp3) is 0.571. The van der Waals surface area contributed by atoms with Crippen LogP contribution in [0.4, 0.5) is 0 Å². The van der Waals surface area contributed by atoms with E-state index in [2.05, 4.69) is 13.8 Å². The van der Waals surface area contributed by atoms with Gasteiger partial charge in [-0.15, -0.1) is 0 Å². The minimum atomic E-state index is -1.16. The van der Waals surface area contributed by atoms with Crippen molar-refractivity contribution in [3.63, 3.8) is 0 Å². The Hall–Kier alpha value is -1.58. The molecule has 0 fully saturated rings. The van der Waals surface area contributed by atoms with Gasteiger partial charge in [0.1, 0.15) is 5.56 Å². The van der Waals surface area contributed by atoms with Gasteiger partial charge in [0.05, 0.1) is 0 Å². The quantitative estimate of drug-likeness (QED) is 0.791. The fourth-order valence-corrected chi connectivity index (χ4v) is 1.91. The van der Waals surface area contributed by atoms with Gasteiger partial charge >= 0.3 is 5.97 Å². The van der Waals surface area contributed by atoms with E-state index in [1.54, 1.807) is 0 Å². The van der Waals surface area contributed by atoms with Crippen LogP contribution in [-0.2, 0) is 6.54 Å². The largest absolute Gasteiger partial charge is 0.477 e. The van der Waals surface area contributed by atoms with Gasteiger partial charge in [0.15, 0.2) is 5.43 Å². The average Bonchev–Trinajstić information content (AvgIpc) is 2.25. The zero-order valence-electron chi connectivity index (χ0n) is 11.3. The Kier molecular flexibility index (Phi) is 5.13. The van der Waals surface area contributed by atoms with E-state index in [4.69, 9.17) is 5.11 Å². The van der Waals surface area contributed by atoms with E-state index in [1.165, 1.54) is 18.7 Å². The molecule has 4 nitrogen and oxygen atoms in total. The van der Waals surface area contributed by atoms with Crippen molar-refractivity contribution in [3.05, 3.63) is 33.7 Å². The molecule has 0 aliphatic rings. The molecule has 0 aromatic carbocycles. The van der Waals surface area contributed by atoms with Crippen molar-refractivity contribution in [1.82, 2.24) is 4.57 Å². The van der Waals surface area contributed by atoms with E-state index in [-0.39, 0.29) is 5.56 Å². The van der Waals surface area contributed by atoms with Crippen LogP contribution in [0.15, 0.2) is 17.1 Å². The second kappa shape index (κ2) is 6.38. The molecule has 1 rings (SSSR count). The zero-order valence-corrected chi connectivity index (χ0v) is 11.3. The van der Waals surface area contributed by atoms with Crippen molar-refractivity contribution in [2.45, 2.75) is 46.6 Å². The second-order valence-corrected chi connectivity index (χ2v) is 5.08. The molecule has 0 unspecified atom stereocenters. The number of carboxylic acid groups (broad SMARTS) is 1. The van der Waals surface area contributed by atoms with Crippen LogP contribution in [0.25, 0.3) is 0 Å². The highest BCUT2D eigenvalue weighted by molar-refractivity contribution is 5.87. The van der Waals surface area contributed by atoms with Gasteiger partial charge < -0.3 is 9.67 Å². The number of pyridine rings is 1. The van der Waals surface area contributed by atoms with Crippen LogP contribution in [0.1, 0.15) is 49.2 Å². The summed E-state index contributed by atoms with van der Waals surface area (Å²) in [6, 6.07) is 1.39. The molecule has 0 bridgehead atoms. The monoisotopic (exact) mass is 251 g/mol. The molecular formula is C14H21NO3. The van der Waals surface area contributed by atoms with E-state index in [1.807, 2.05) is 11.5 Å². The van der Waals surface area contributed by atoms with E-state index < -0.39 is 11.4 Å². The number of hydrogen-bond donors (Lipinski definition) is 1. The van der Waals surface area contributed by atoms with Crippen LogP contribution in [0.5, 0.6) is 0 Å². The summed E-state index contributed by atoms with van der Waals surface area (Å²) in [7, 11) is 0. The summed E-state index contributed by atoms with van der Waals surface area (Å²) in [4.78, 5) is 22.4. The van der Waals surface area contributed by atoms with Crippen LogP contribution < -0.4 is 5.43 Å². The number of aromatic carboxylic acids is 1. The van der Waals surface area contributed by atoms with Gasteiger partial charge in [-0.3, -0.25) is 4.79 Å². The van der Waals surface area contributed by atoms with Crippen LogP contribution in [0.2, 0.25) is 0 Å². The molecule has 0 saturated heterocycles. The number of hydrogen-bond acceptors (Lipinski definition) is 2. The van der Waals surface area contributed by atoms with Crippen LogP contribution in [-0.4, -0.2) is 15.6 Å². The van der Waals surface area contributed by atoms with Gasteiger partial charge in [0.2, 0.25) is 0 Å². The maximum atomic E-state index is 11.5. The molecule has 0 spiro atoms. The summed E-state index contributed by atoms with van der Waals surface area (Å²) in [6.07, 6.45) is 4.74. The Labute approximate surface area is 107 Å². The van der Waals surface area contributed by atoms with E-state index >= 15 is 0 Å². The highest BCUT2D eigenvalue weighted by Gasteiger charge is 2.10. The molecule has 100 valence electrons. The highest BCUT2D eigenvalue weighted by Crippen LogP contribution is 2.08. The summed E-state index contributed by atoms with van der Waals surface area (Å²) in [5.74, 6) is -0.467. The number of aromatic nitrogens is 1. The van der Waals surface area contributed by atoms with Crippen molar-refractivity contribution in [3.8, 4) is 0 Å². The number of unbranched alkanes of at least 4 members (excludes halogenated alkanes) is 1. The maximum absolute atomic E-state index is 11.5. The first-order valence-corrected chi connectivity index (χ1v) is 6.36. The zero-order chi connectivity index (χ0) is 13.7. The first-order chi connectivity index (χ1) is 8.41. The van der Waals surface area contributed by atoms with E-state index in [0.29, 0.717) is 5.92 Å². The molecular weight excluding hydrogens is 230 g/mol. The number of rotatable bonds is 6. The second-order valence-electron chi connectivity index (χ2n) is 5.08. The molecule has 0 radical (unpaired) electrons. The predicted molar refractivity (Wildman–Crippen MR) is 71.1 cm³/mol. The average molecular weight is 251 g/mol. The van der Waals surface area contributed by atoms with Crippen LogP contribution in [0, 0.1) is 12.8 Å². The van der Waals surface area contributed by atoms with Crippen LogP contribution in [0.3, 0.4) is 0 Å². The summed E-state index contributed by atoms with van der Waals surface area (Å²) < 4.78 is 1.85. The van der Waals surface area contributed by atoms with E-state index in [9.17, 15) is 9.59 Å². The topological polar surface area (TPSA) is 59.3 Å². The molecule has 0 amide bonds. The first-order valence-electron chi connectivity index (χ1n) is 6.36. The lowest BCUT2D eigenvalue weighted by molar-refractivity contribution is 0.0694.